The third-order valence-corrected chi connectivity index (χ3v) is 4.57. The number of anilines is 1. The maximum absolute atomic E-state index is 6.10. The van der Waals surface area contributed by atoms with Gasteiger partial charge < -0.3 is 4.74 Å². The summed E-state index contributed by atoms with van der Waals surface area (Å²) in [5, 5.41) is 2.64. The number of benzene rings is 1. The molecule has 1 aromatic carbocycles. The van der Waals surface area contributed by atoms with Crippen LogP contribution in [0.4, 0.5) is 5.13 Å². The normalized spacial score (nSPS) is 19.7. The summed E-state index contributed by atoms with van der Waals surface area (Å²) in [4.78, 5) is 4.56. The number of aromatic nitrogens is 1. The van der Waals surface area contributed by atoms with Gasteiger partial charge in [0, 0.05) is 13.2 Å². The van der Waals surface area contributed by atoms with E-state index in [0.717, 1.165) is 36.6 Å². The van der Waals surface area contributed by atoms with Gasteiger partial charge in [0.15, 0.2) is 0 Å². The molecule has 0 radical (unpaired) electrons. The highest BCUT2D eigenvalue weighted by Gasteiger charge is 2.16. The number of hydrazine groups is 1. The molecule has 1 fully saturated rings. The van der Waals surface area contributed by atoms with E-state index in [0.29, 0.717) is 6.10 Å². The zero-order valence-electron chi connectivity index (χ0n) is 10.9. The summed E-state index contributed by atoms with van der Waals surface area (Å²) >= 11 is 1.64. The van der Waals surface area contributed by atoms with Gasteiger partial charge in [-0.1, -0.05) is 23.5 Å². The van der Waals surface area contributed by atoms with Crippen molar-refractivity contribution in [2.45, 2.75) is 31.8 Å². The van der Waals surface area contributed by atoms with Gasteiger partial charge in [-0.05, 0) is 37.8 Å². The van der Waals surface area contributed by atoms with Crippen LogP contribution in [0.3, 0.4) is 0 Å². The van der Waals surface area contributed by atoms with Crippen LogP contribution in [0, 0.1) is 0 Å². The monoisotopic (exact) mass is 277 g/mol. The molecule has 1 aliphatic rings. The van der Waals surface area contributed by atoms with E-state index >= 15 is 0 Å². The van der Waals surface area contributed by atoms with E-state index in [-0.39, 0.29) is 0 Å². The van der Waals surface area contributed by atoms with Crippen molar-refractivity contribution in [2.24, 2.45) is 5.84 Å². The Bertz CT molecular complexity index is 503. The molecule has 0 spiro atoms. The van der Waals surface area contributed by atoms with Gasteiger partial charge in [-0.25, -0.2) is 10.8 Å². The highest BCUT2D eigenvalue weighted by atomic mass is 32.1. The average Bonchev–Trinajstić information content (AvgIpc) is 2.90. The Balaban J connectivity index is 1.61. The summed E-state index contributed by atoms with van der Waals surface area (Å²) in [5.41, 5.74) is 1.02. The van der Waals surface area contributed by atoms with Gasteiger partial charge in [0.25, 0.3) is 0 Å². The minimum Gasteiger partial charge on any atom is -0.378 e. The summed E-state index contributed by atoms with van der Waals surface area (Å²) in [6.07, 6.45) is 4.98. The fraction of sp³-hybridized carbons (Fsp3) is 0.500. The molecular weight excluding hydrogens is 258 g/mol. The second-order valence-corrected chi connectivity index (χ2v) is 5.94. The lowest BCUT2D eigenvalue weighted by atomic mass is 10.1. The minimum atomic E-state index is 0.370. The summed E-state index contributed by atoms with van der Waals surface area (Å²) in [6, 6.07) is 8.13. The van der Waals surface area contributed by atoms with Crippen molar-refractivity contribution in [3.8, 4) is 0 Å². The molecule has 1 aliphatic heterocycles. The van der Waals surface area contributed by atoms with Crippen LogP contribution in [0.1, 0.15) is 25.7 Å². The summed E-state index contributed by atoms with van der Waals surface area (Å²) in [7, 11) is 0. The van der Waals surface area contributed by atoms with Crippen LogP contribution >= 0.6 is 11.3 Å². The fourth-order valence-electron chi connectivity index (χ4n) is 2.40. The molecule has 5 heteroatoms. The quantitative estimate of drug-likeness (QED) is 0.689. The second kappa shape index (κ2) is 5.86. The van der Waals surface area contributed by atoms with Gasteiger partial charge in [0.1, 0.15) is 0 Å². The van der Waals surface area contributed by atoms with E-state index in [9.17, 15) is 0 Å². The molecule has 2 N–H and O–H groups in total. The Hall–Kier alpha value is -1.17. The molecular formula is C14H19N3OS. The van der Waals surface area contributed by atoms with Gasteiger partial charge >= 0.3 is 0 Å². The van der Waals surface area contributed by atoms with E-state index in [2.05, 4.69) is 11.1 Å². The number of nitrogens with two attached hydrogens (primary N) is 1. The number of para-hydroxylation sites is 1. The van der Waals surface area contributed by atoms with Crippen LogP contribution in [0.5, 0.6) is 0 Å². The molecule has 1 aromatic heterocycles. The van der Waals surface area contributed by atoms with Crippen molar-refractivity contribution in [1.29, 1.82) is 0 Å². The van der Waals surface area contributed by atoms with Crippen LogP contribution < -0.4 is 10.9 Å². The molecule has 19 heavy (non-hydrogen) atoms. The molecule has 0 amide bonds. The summed E-state index contributed by atoms with van der Waals surface area (Å²) < 4.78 is 6.91. The number of rotatable bonds is 4. The summed E-state index contributed by atoms with van der Waals surface area (Å²) in [5.74, 6) is 6.10. The van der Waals surface area contributed by atoms with Gasteiger partial charge in [-0.3, -0.25) is 5.01 Å². The van der Waals surface area contributed by atoms with E-state index in [1.165, 1.54) is 17.5 Å². The largest absolute Gasteiger partial charge is 0.378 e. The van der Waals surface area contributed by atoms with Gasteiger partial charge in [0.2, 0.25) is 5.13 Å². The fourth-order valence-corrected chi connectivity index (χ4v) is 3.31. The van der Waals surface area contributed by atoms with Crippen LogP contribution in [0.2, 0.25) is 0 Å². The maximum Gasteiger partial charge on any atom is 0.200 e. The Kier molecular flexibility index (Phi) is 3.96. The van der Waals surface area contributed by atoms with Crippen molar-refractivity contribution < 1.29 is 4.74 Å². The first-order valence-corrected chi connectivity index (χ1v) is 7.64. The molecule has 2 aromatic rings. The van der Waals surface area contributed by atoms with Crippen LogP contribution in [-0.4, -0.2) is 24.2 Å². The molecule has 102 valence electrons. The highest BCUT2D eigenvalue weighted by Crippen LogP contribution is 2.27. The van der Waals surface area contributed by atoms with Crippen LogP contribution in [0.25, 0.3) is 10.2 Å². The maximum atomic E-state index is 6.10. The van der Waals surface area contributed by atoms with Crippen LogP contribution in [0.15, 0.2) is 24.3 Å². The van der Waals surface area contributed by atoms with Crippen molar-refractivity contribution in [3.63, 3.8) is 0 Å². The van der Waals surface area contributed by atoms with Crippen molar-refractivity contribution in [2.75, 3.05) is 18.2 Å². The first-order valence-electron chi connectivity index (χ1n) is 6.82. The standard InChI is InChI=1S/C14H19N3OS/c15-17(9-8-11-5-3-4-10-18-11)14-16-12-6-1-2-7-13(12)19-14/h1-2,6-7,11H,3-5,8-10,15H2. The Morgan fingerprint density at radius 2 is 2.26 bits per heavy atom. The zero-order chi connectivity index (χ0) is 13.1. The average molecular weight is 277 g/mol. The molecule has 0 bridgehead atoms. The minimum absolute atomic E-state index is 0.370. The molecule has 4 nitrogen and oxygen atoms in total. The lowest BCUT2D eigenvalue weighted by Gasteiger charge is -2.24. The van der Waals surface area contributed by atoms with Crippen molar-refractivity contribution >= 4 is 26.7 Å². The third-order valence-electron chi connectivity index (χ3n) is 3.49. The molecule has 1 unspecified atom stereocenters. The van der Waals surface area contributed by atoms with E-state index in [1.54, 1.807) is 16.3 Å². The number of ether oxygens (including phenoxy) is 1. The lowest BCUT2D eigenvalue weighted by molar-refractivity contribution is 0.0125. The SMILES string of the molecule is NN(CCC1CCCCO1)c1nc2ccccc2s1. The highest BCUT2D eigenvalue weighted by molar-refractivity contribution is 7.22. The van der Waals surface area contributed by atoms with Crippen molar-refractivity contribution in [1.82, 2.24) is 4.98 Å². The smallest absolute Gasteiger partial charge is 0.200 e. The predicted octanol–water partition coefficient (Wildman–Crippen LogP) is 2.94. The number of thiazole rings is 1. The number of nitrogens with zero attached hydrogens (tertiary/aromatic N) is 2. The summed E-state index contributed by atoms with van der Waals surface area (Å²) in [6.45, 7) is 1.70. The van der Waals surface area contributed by atoms with E-state index < -0.39 is 0 Å². The number of fused-ring (bicyclic) bond motifs is 1. The van der Waals surface area contributed by atoms with E-state index in [4.69, 9.17) is 10.6 Å². The van der Waals surface area contributed by atoms with Crippen molar-refractivity contribution in [3.05, 3.63) is 24.3 Å². The topological polar surface area (TPSA) is 51.4 Å². The Labute approximate surface area is 117 Å². The van der Waals surface area contributed by atoms with E-state index in [1.807, 2.05) is 18.2 Å². The molecule has 0 saturated carbocycles. The van der Waals surface area contributed by atoms with Gasteiger partial charge in [-0.15, -0.1) is 0 Å². The third kappa shape index (κ3) is 3.05. The van der Waals surface area contributed by atoms with Gasteiger partial charge in [-0.2, -0.15) is 0 Å². The molecule has 3 rings (SSSR count). The molecule has 2 heterocycles. The zero-order valence-corrected chi connectivity index (χ0v) is 11.7. The van der Waals surface area contributed by atoms with Crippen LogP contribution in [-0.2, 0) is 4.74 Å². The molecule has 0 aliphatic carbocycles. The number of hydrogen-bond donors (Lipinski definition) is 1. The van der Waals surface area contributed by atoms with Gasteiger partial charge in [0.05, 0.1) is 16.3 Å². The Morgan fingerprint density at radius 3 is 3.05 bits per heavy atom. The first-order chi connectivity index (χ1) is 9.33. The first kappa shape index (κ1) is 12.8. The molecule has 1 atom stereocenters. The second-order valence-electron chi connectivity index (χ2n) is 4.93. The lowest BCUT2D eigenvalue weighted by Crippen LogP contribution is -2.34. The molecule has 1 saturated heterocycles. The predicted molar refractivity (Wildman–Crippen MR) is 79.4 cm³/mol. The number of hydrogen-bond acceptors (Lipinski definition) is 5. The Morgan fingerprint density at radius 1 is 1.37 bits per heavy atom.